The highest BCUT2D eigenvalue weighted by Gasteiger charge is 2.56. The number of rotatable bonds is 11. The lowest BCUT2D eigenvalue weighted by molar-refractivity contribution is -0.151. The van der Waals surface area contributed by atoms with Crippen LogP contribution in [0.2, 0.25) is 0 Å². The van der Waals surface area contributed by atoms with E-state index in [-0.39, 0.29) is 11.9 Å². The number of hydrogen-bond donors (Lipinski definition) is 4. The summed E-state index contributed by atoms with van der Waals surface area (Å²) in [4.78, 5) is 52.5. The average Bonchev–Trinajstić information content (AvgIpc) is 3.12. The predicted octanol–water partition coefficient (Wildman–Crippen LogP) is 3.53. The van der Waals surface area contributed by atoms with Gasteiger partial charge in [0.1, 0.15) is 41.2 Å². The third-order valence-electron chi connectivity index (χ3n) is 7.83. The summed E-state index contributed by atoms with van der Waals surface area (Å²) < 4.78 is 43.8. The summed E-state index contributed by atoms with van der Waals surface area (Å²) in [6.45, 7) is 7.28. The predicted molar refractivity (Wildman–Crippen MR) is 170 cm³/mol. The van der Waals surface area contributed by atoms with Gasteiger partial charge >= 0.3 is 25.5 Å². The Balaban J connectivity index is 1.56. The third kappa shape index (κ3) is 9.77. The molecule has 0 spiro atoms. The molecule has 1 aliphatic carbocycles. The van der Waals surface area contributed by atoms with Crippen LogP contribution in [0.1, 0.15) is 79.4 Å². The molecule has 16 heteroatoms. The average molecular weight is 681 g/mol. The molecule has 47 heavy (non-hydrogen) atoms. The number of carbonyl (C=O) groups is 2. The molecule has 4 N–H and O–H groups in total. The minimum absolute atomic E-state index is 0.176. The number of ether oxygens (including phenoxy) is 3. The quantitative estimate of drug-likeness (QED) is 0.153. The van der Waals surface area contributed by atoms with E-state index in [1.165, 1.54) is 13.8 Å². The topological polar surface area (TPSA) is 197 Å². The molecular formula is C31H45N4O11P. The number of para-hydroxylation sites is 1. The van der Waals surface area contributed by atoms with Gasteiger partial charge in [-0.05, 0) is 72.4 Å². The number of aromatic amines is 1. The highest BCUT2D eigenvalue weighted by atomic mass is 31.2. The molecule has 1 saturated heterocycles. The van der Waals surface area contributed by atoms with E-state index in [0.29, 0.717) is 0 Å². The first-order valence-corrected chi connectivity index (χ1v) is 17.3. The Kier molecular flexibility index (Phi) is 11.7. The van der Waals surface area contributed by atoms with Gasteiger partial charge < -0.3 is 29.2 Å². The smallest absolute Gasteiger partial charge is 0.459 e. The molecule has 1 aromatic heterocycles. The molecule has 1 aromatic carbocycles. The van der Waals surface area contributed by atoms with Crippen LogP contribution in [0.4, 0.5) is 4.79 Å². The fourth-order valence-electron chi connectivity index (χ4n) is 5.47. The lowest BCUT2D eigenvalue weighted by atomic mass is 9.92. The summed E-state index contributed by atoms with van der Waals surface area (Å²) in [5, 5.41) is 16.7. The molecule has 1 amide bonds. The first kappa shape index (κ1) is 36.3. The van der Waals surface area contributed by atoms with Crippen LogP contribution in [0.3, 0.4) is 0 Å². The van der Waals surface area contributed by atoms with Crippen LogP contribution in [0.25, 0.3) is 0 Å². The number of esters is 1. The van der Waals surface area contributed by atoms with Gasteiger partial charge in [-0.25, -0.2) is 14.2 Å². The van der Waals surface area contributed by atoms with Crippen molar-refractivity contribution in [3.05, 3.63) is 63.4 Å². The molecule has 1 aliphatic heterocycles. The van der Waals surface area contributed by atoms with Gasteiger partial charge in [-0.15, -0.1) is 0 Å². The number of amides is 1. The number of aromatic nitrogens is 2. The van der Waals surface area contributed by atoms with E-state index >= 15 is 0 Å². The van der Waals surface area contributed by atoms with E-state index in [1.54, 1.807) is 51.1 Å². The van der Waals surface area contributed by atoms with Crippen LogP contribution >= 0.6 is 7.75 Å². The van der Waals surface area contributed by atoms with Crippen molar-refractivity contribution in [1.29, 1.82) is 0 Å². The molecule has 2 fully saturated rings. The largest absolute Gasteiger partial charge is 0.461 e. The van der Waals surface area contributed by atoms with E-state index < -0.39 is 73.3 Å². The number of aliphatic hydroxyl groups excluding tert-OH is 1. The first-order valence-electron chi connectivity index (χ1n) is 15.7. The summed E-state index contributed by atoms with van der Waals surface area (Å²) >= 11 is 0. The molecule has 0 bridgehead atoms. The first-order chi connectivity index (χ1) is 22.1. The normalized spacial score (nSPS) is 25.6. The summed E-state index contributed by atoms with van der Waals surface area (Å²) in [5.41, 5.74) is -4.14. The second-order valence-corrected chi connectivity index (χ2v) is 14.7. The highest BCUT2D eigenvalue weighted by molar-refractivity contribution is 7.52. The van der Waals surface area contributed by atoms with Crippen molar-refractivity contribution < 1.29 is 42.5 Å². The molecule has 260 valence electrons. The van der Waals surface area contributed by atoms with Crippen LogP contribution in [-0.4, -0.2) is 68.8 Å². The maximum Gasteiger partial charge on any atom is 0.459 e. The Morgan fingerprint density at radius 1 is 1.13 bits per heavy atom. The molecule has 1 unspecified atom stereocenters. The molecule has 0 radical (unpaired) electrons. The standard InChI is InChI=1S/C31H45N4O11P/c1-20(26(38)43-21-13-9-6-7-10-14-21)34-47(41,46-22-15-11-8-12-16-22)42-19-23-25(37)31(5,33-29(40)45-30(2,3)4)27(44-23)35-18-17-24(36)32-28(35)39/h8,11-12,15-18,20-21,23,25,27,37H,6-7,9-10,13-14,19H2,1-5H3,(H,33,40)(H,34,41)(H,32,36,39)/t20-,23+,25+,27+,31+,47?/m0/s1. The van der Waals surface area contributed by atoms with Crippen LogP contribution in [-0.2, 0) is 28.1 Å². The van der Waals surface area contributed by atoms with Crippen molar-refractivity contribution in [1.82, 2.24) is 20.0 Å². The minimum Gasteiger partial charge on any atom is -0.461 e. The van der Waals surface area contributed by atoms with Gasteiger partial charge in [0.05, 0.1) is 6.61 Å². The lowest BCUT2D eigenvalue weighted by Gasteiger charge is -2.34. The maximum absolute atomic E-state index is 14.2. The second kappa shape index (κ2) is 15.2. The summed E-state index contributed by atoms with van der Waals surface area (Å²) in [7, 11) is -4.37. The Labute approximate surface area is 272 Å². The van der Waals surface area contributed by atoms with Crippen LogP contribution in [0.5, 0.6) is 5.75 Å². The van der Waals surface area contributed by atoms with E-state index in [0.717, 1.165) is 55.4 Å². The third-order valence-corrected chi connectivity index (χ3v) is 9.47. The van der Waals surface area contributed by atoms with Crippen molar-refractivity contribution in [3.8, 4) is 5.75 Å². The lowest BCUT2D eigenvalue weighted by Crippen LogP contribution is -2.59. The summed E-state index contributed by atoms with van der Waals surface area (Å²) in [5.74, 6) is -0.448. The summed E-state index contributed by atoms with van der Waals surface area (Å²) in [6, 6.07) is 8.13. The van der Waals surface area contributed by atoms with Crippen molar-refractivity contribution in [2.45, 2.75) is 115 Å². The van der Waals surface area contributed by atoms with Gasteiger partial charge in [0.25, 0.3) is 5.56 Å². The maximum atomic E-state index is 14.2. The van der Waals surface area contributed by atoms with Crippen LogP contribution in [0, 0.1) is 0 Å². The number of benzene rings is 1. The highest BCUT2D eigenvalue weighted by Crippen LogP contribution is 2.47. The van der Waals surface area contributed by atoms with Gasteiger partial charge in [-0.3, -0.25) is 23.7 Å². The van der Waals surface area contributed by atoms with E-state index in [9.17, 15) is 28.8 Å². The number of carbonyl (C=O) groups excluding carboxylic acids is 2. The Bertz CT molecular complexity index is 1530. The van der Waals surface area contributed by atoms with Crippen LogP contribution in [0.15, 0.2) is 52.2 Å². The number of aliphatic hydroxyl groups is 1. The number of nitrogens with one attached hydrogen (secondary N) is 3. The summed E-state index contributed by atoms with van der Waals surface area (Å²) in [6.07, 6.45) is 1.32. The van der Waals surface area contributed by atoms with Gasteiger partial charge in [0, 0.05) is 12.3 Å². The molecule has 6 atom stereocenters. The molecule has 4 rings (SSSR count). The Hall–Kier alpha value is -3.49. The van der Waals surface area contributed by atoms with Crippen LogP contribution < -0.4 is 26.2 Å². The zero-order chi connectivity index (χ0) is 34.4. The van der Waals surface area contributed by atoms with Crippen molar-refractivity contribution >= 4 is 19.8 Å². The number of H-pyrrole nitrogens is 1. The van der Waals surface area contributed by atoms with E-state index in [1.807, 2.05) is 0 Å². The molecule has 2 aliphatic rings. The SMILES string of the molecule is C[C@H](NP(=O)(OC[C@H]1O[C@@H](n2ccc(=O)[nH]c2=O)[C@](C)(NC(=O)OC(C)(C)C)[C@@H]1O)Oc1ccccc1)C(=O)OC1CCCCCC1. The monoisotopic (exact) mass is 680 g/mol. The molecule has 2 heterocycles. The fraction of sp³-hybridized carbons (Fsp3) is 0.613. The van der Waals surface area contributed by atoms with Gasteiger partial charge in [-0.1, -0.05) is 31.0 Å². The van der Waals surface area contributed by atoms with E-state index in [4.69, 9.17) is 23.3 Å². The Morgan fingerprint density at radius 2 is 1.79 bits per heavy atom. The van der Waals surface area contributed by atoms with Gasteiger partial charge in [0.15, 0.2) is 6.23 Å². The number of hydrogen-bond acceptors (Lipinski definition) is 11. The molecule has 2 aromatic rings. The fourth-order valence-corrected chi connectivity index (χ4v) is 6.97. The molecule has 1 saturated carbocycles. The molecular weight excluding hydrogens is 635 g/mol. The van der Waals surface area contributed by atoms with E-state index in [2.05, 4.69) is 15.4 Å². The zero-order valence-corrected chi connectivity index (χ0v) is 28.2. The molecule has 15 nitrogen and oxygen atoms in total. The number of nitrogens with zero attached hydrogens (tertiary/aromatic N) is 1. The second-order valence-electron chi connectivity index (χ2n) is 13.0. The van der Waals surface area contributed by atoms with Crippen molar-refractivity contribution in [2.75, 3.05) is 6.61 Å². The zero-order valence-electron chi connectivity index (χ0n) is 27.3. The van der Waals surface area contributed by atoms with Crippen molar-refractivity contribution in [2.24, 2.45) is 0 Å². The minimum atomic E-state index is -4.37. The van der Waals surface area contributed by atoms with Gasteiger partial charge in [-0.2, -0.15) is 5.09 Å². The Morgan fingerprint density at radius 3 is 2.40 bits per heavy atom. The van der Waals surface area contributed by atoms with Gasteiger partial charge in [0.2, 0.25) is 0 Å². The van der Waals surface area contributed by atoms with Crippen molar-refractivity contribution in [3.63, 3.8) is 0 Å². The number of alkyl carbamates (subject to hydrolysis) is 1.